The maximum atomic E-state index is 13.6. The molecule has 10 nitrogen and oxygen atoms in total. The highest BCUT2D eigenvalue weighted by molar-refractivity contribution is 7.07. The molecule has 0 spiro atoms. The Bertz CT molecular complexity index is 1550. The molecule has 4 rings (SSSR count). The van der Waals surface area contributed by atoms with Gasteiger partial charge in [-0.2, -0.15) is 0 Å². The van der Waals surface area contributed by atoms with Crippen molar-refractivity contribution in [1.82, 2.24) is 4.57 Å². The van der Waals surface area contributed by atoms with Crippen molar-refractivity contribution in [3.05, 3.63) is 94.7 Å². The number of thiazole rings is 1. The van der Waals surface area contributed by atoms with Crippen LogP contribution >= 0.6 is 11.3 Å². The van der Waals surface area contributed by atoms with Crippen LogP contribution in [-0.2, 0) is 9.53 Å². The Morgan fingerprint density at radius 3 is 2.74 bits per heavy atom. The van der Waals surface area contributed by atoms with Crippen LogP contribution in [0.2, 0.25) is 0 Å². The van der Waals surface area contributed by atoms with E-state index in [1.807, 2.05) is 0 Å². The first-order valence-electron chi connectivity index (χ1n) is 10.6. The number of nitro benzene ring substituents is 1. The number of nitrogens with zero attached hydrogens (tertiary/aromatic N) is 3. The molecule has 0 aliphatic carbocycles. The first-order chi connectivity index (χ1) is 16.8. The summed E-state index contributed by atoms with van der Waals surface area (Å²) in [5.74, 6) is -0.591. The predicted molar refractivity (Wildman–Crippen MR) is 128 cm³/mol. The van der Waals surface area contributed by atoms with Crippen LogP contribution in [0.4, 0.5) is 5.69 Å². The van der Waals surface area contributed by atoms with Gasteiger partial charge in [0.25, 0.3) is 5.56 Å². The van der Waals surface area contributed by atoms with E-state index in [9.17, 15) is 24.8 Å². The number of phenols is 1. The van der Waals surface area contributed by atoms with Gasteiger partial charge in [-0.05, 0) is 37.6 Å². The summed E-state index contributed by atoms with van der Waals surface area (Å²) in [6.45, 7) is 3.51. The van der Waals surface area contributed by atoms with Crippen LogP contribution in [-0.4, -0.2) is 34.3 Å². The molecule has 1 aromatic heterocycles. The molecule has 1 N–H and O–H groups in total. The number of carbonyl (C=O) groups is 1. The van der Waals surface area contributed by atoms with E-state index in [-0.39, 0.29) is 22.3 Å². The minimum absolute atomic E-state index is 0.115. The Hall–Kier alpha value is -4.25. The Morgan fingerprint density at radius 2 is 2.06 bits per heavy atom. The average Bonchev–Trinajstić information content (AvgIpc) is 3.13. The van der Waals surface area contributed by atoms with Gasteiger partial charge >= 0.3 is 11.7 Å². The van der Waals surface area contributed by atoms with Crippen molar-refractivity contribution in [1.29, 1.82) is 0 Å². The van der Waals surface area contributed by atoms with Crippen molar-refractivity contribution < 1.29 is 24.3 Å². The van der Waals surface area contributed by atoms with E-state index in [1.54, 1.807) is 38.1 Å². The van der Waals surface area contributed by atoms with E-state index < -0.39 is 33.9 Å². The minimum atomic E-state index is -0.832. The molecule has 0 fully saturated rings. The van der Waals surface area contributed by atoms with Gasteiger partial charge in [-0.15, -0.1) is 0 Å². The quantitative estimate of drug-likeness (QED) is 0.315. The minimum Gasteiger partial charge on any atom is -0.502 e. The topological polar surface area (TPSA) is 133 Å². The molecule has 35 heavy (non-hydrogen) atoms. The lowest BCUT2D eigenvalue weighted by molar-refractivity contribution is -0.385. The summed E-state index contributed by atoms with van der Waals surface area (Å²) in [7, 11) is 1.52. The highest BCUT2D eigenvalue weighted by atomic mass is 32.1. The van der Waals surface area contributed by atoms with Crippen LogP contribution in [0.25, 0.3) is 6.08 Å². The lowest BCUT2D eigenvalue weighted by Crippen LogP contribution is -2.39. The number of hydrogen-bond acceptors (Lipinski definition) is 9. The van der Waals surface area contributed by atoms with Crippen LogP contribution in [0.3, 0.4) is 0 Å². The number of benzene rings is 2. The van der Waals surface area contributed by atoms with Crippen molar-refractivity contribution in [2.45, 2.75) is 19.9 Å². The first-order valence-corrected chi connectivity index (χ1v) is 11.4. The van der Waals surface area contributed by atoms with Crippen molar-refractivity contribution in [3.8, 4) is 11.5 Å². The molecule has 0 radical (unpaired) electrons. The molecular weight excluding hydrogens is 474 g/mol. The van der Waals surface area contributed by atoms with Gasteiger partial charge in [0, 0.05) is 11.6 Å². The molecule has 0 saturated carbocycles. The molecule has 1 aliphatic rings. The number of aromatic hydroxyl groups is 1. The Labute approximate surface area is 202 Å². The SMILES string of the molecule is CCOC(=O)C1=C(C)N=c2s/c(=C/c3cccc([N+](=O)[O-])c3O)c(=O)n2C1c1cccc(OC)c1. The maximum Gasteiger partial charge on any atom is 0.338 e. The van der Waals surface area contributed by atoms with Crippen LogP contribution in [0.15, 0.2) is 63.5 Å². The molecule has 180 valence electrons. The number of hydrogen-bond donors (Lipinski definition) is 1. The zero-order valence-electron chi connectivity index (χ0n) is 19.0. The summed E-state index contributed by atoms with van der Waals surface area (Å²) < 4.78 is 12.2. The first kappa shape index (κ1) is 23.9. The van der Waals surface area contributed by atoms with Crippen molar-refractivity contribution >= 4 is 29.1 Å². The lowest BCUT2D eigenvalue weighted by Gasteiger charge is -2.25. The van der Waals surface area contributed by atoms with Gasteiger partial charge < -0.3 is 14.6 Å². The normalized spacial score (nSPS) is 15.4. The molecule has 1 aliphatic heterocycles. The molecule has 2 aromatic carbocycles. The number of methoxy groups -OCH3 is 1. The number of para-hydroxylation sites is 1. The molecule has 2 heterocycles. The van der Waals surface area contributed by atoms with E-state index in [1.165, 1.54) is 36.0 Å². The van der Waals surface area contributed by atoms with E-state index >= 15 is 0 Å². The second kappa shape index (κ2) is 9.55. The molecule has 3 aromatic rings. The van der Waals surface area contributed by atoms with Gasteiger partial charge in [-0.3, -0.25) is 19.5 Å². The zero-order chi connectivity index (χ0) is 25.3. The average molecular weight is 496 g/mol. The van der Waals surface area contributed by atoms with E-state index in [2.05, 4.69) is 4.99 Å². The van der Waals surface area contributed by atoms with Crippen LogP contribution in [0.5, 0.6) is 11.5 Å². The fraction of sp³-hybridized carbons (Fsp3) is 0.208. The molecule has 1 unspecified atom stereocenters. The fourth-order valence-corrected chi connectivity index (χ4v) is 4.91. The van der Waals surface area contributed by atoms with Crippen LogP contribution in [0.1, 0.15) is 31.0 Å². The Morgan fingerprint density at radius 1 is 1.31 bits per heavy atom. The predicted octanol–water partition coefficient (Wildman–Crippen LogP) is 2.42. The molecular formula is C24H21N3O7S. The maximum absolute atomic E-state index is 13.6. The second-order valence-electron chi connectivity index (χ2n) is 7.55. The number of phenolic OH excluding ortho intramolecular Hbond substituents is 1. The molecule has 0 bridgehead atoms. The highest BCUT2D eigenvalue weighted by Crippen LogP contribution is 2.33. The third-order valence-electron chi connectivity index (χ3n) is 5.46. The summed E-state index contributed by atoms with van der Waals surface area (Å²) in [5.41, 5.74) is 0.416. The third kappa shape index (κ3) is 4.33. The molecule has 0 amide bonds. The van der Waals surface area contributed by atoms with E-state index in [0.29, 0.717) is 21.8 Å². The summed E-state index contributed by atoms with van der Waals surface area (Å²) >= 11 is 1.05. The van der Waals surface area contributed by atoms with Crippen molar-refractivity contribution in [2.24, 2.45) is 4.99 Å². The van der Waals surface area contributed by atoms with Gasteiger partial charge in [-0.25, -0.2) is 9.79 Å². The fourth-order valence-electron chi connectivity index (χ4n) is 3.87. The third-order valence-corrected chi connectivity index (χ3v) is 6.44. The van der Waals surface area contributed by atoms with E-state index in [4.69, 9.17) is 9.47 Å². The number of nitro groups is 1. The number of aromatic nitrogens is 1. The van der Waals surface area contributed by atoms with Gasteiger partial charge in [0.2, 0.25) is 5.75 Å². The Balaban J connectivity index is 1.98. The zero-order valence-corrected chi connectivity index (χ0v) is 19.9. The van der Waals surface area contributed by atoms with Gasteiger partial charge in [-0.1, -0.05) is 35.6 Å². The summed E-state index contributed by atoms with van der Waals surface area (Å²) in [5, 5.41) is 21.5. The monoisotopic (exact) mass is 495 g/mol. The molecule has 1 atom stereocenters. The number of rotatable bonds is 6. The lowest BCUT2D eigenvalue weighted by atomic mass is 9.95. The van der Waals surface area contributed by atoms with Gasteiger partial charge in [0.1, 0.15) is 5.75 Å². The van der Waals surface area contributed by atoms with Crippen LogP contribution < -0.4 is 19.6 Å². The van der Waals surface area contributed by atoms with Crippen molar-refractivity contribution in [2.75, 3.05) is 13.7 Å². The van der Waals surface area contributed by atoms with Crippen molar-refractivity contribution in [3.63, 3.8) is 0 Å². The number of carbonyl (C=O) groups excluding carboxylic acids is 1. The summed E-state index contributed by atoms with van der Waals surface area (Å²) in [6, 6.07) is 10.2. The molecule has 0 saturated heterocycles. The van der Waals surface area contributed by atoms with Gasteiger partial charge in [0.15, 0.2) is 4.80 Å². The Kier molecular flexibility index (Phi) is 6.52. The second-order valence-corrected chi connectivity index (χ2v) is 8.56. The molecule has 11 heteroatoms. The summed E-state index contributed by atoms with van der Waals surface area (Å²) in [6.07, 6.45) is 1.37. The number of ether oxygens (including phenoxy) is 2. The number of fused-ring (bicyclic) bond motifs is 1. The standard InChI is InChI=1S/C24H21N3O7S/c1-4-34-23(30)19-13(2)25-24-26(20(19)14-7-5-9-16(11-14)33-3)22(29)18(35-24)12-15-8-6-10-17(21(15)28)27(31)32/h5-12,20,28H,4H2,1-3H3/b18-12+. The summed E-state index contributed by atoms with van der Waals surface area (Å²) in [4.78, 5) is 41.8. The highest BCUT2D eigenvalue weighted by Gasteiger charge is 2.33. The van der Waals surface area contributed by atoms with Gasteiger partial charge in [0.05, 0.1) is 40.5 Å². The number of esters is 1. The number of allylic oxidation sites excluding steroid dienone is 1. The van der Waals surface area contributed by atoms with Crippen LogP contribution in [0, 0.1) is 10.1 Å². The largest absolute Gasteiger partial charge is 0.502 e. The van der Waals surface area contributed by atoms with E-state index in [0.717, 1.165) is 11.3 Å². The smallest absolute Gasteiger partial charge is 0.338 e.